The number of allylic oxidation sites excluding steroid dienone is 1. The third-order valence-corrected chi connectivity index (χ3v) is 6.57. The van der Waals surface area contributed by atoms with Crippen LogP contribution in [0.2, 0.25) is 0 Å². The van der Waals surface area contributed by atoms with Crippen LogP contribution in [0, 0.1) is 6.92 Å². The van der Waals surface area contributed by atoms with Crippen LogP contribution in [-0.2, 0) is 19.1 Å². The van der Waals surface area contributed by atoms with Gasteiger partial charge in [0, 0.05) is 18.8 Å². The van der Waals surface area contributed by atoms with Crippen molar-refractivity contribution in [2.75, 3.05) is 26.3 Å². The third-order valence-electron chi connectivity index (χ3n) is 5.68. The predicted molar refractivity (Wildman–Crippen MR) is 128 cm³/mol. The van der Waals surface area contributed by atoms with Gasteiger partial charge in [0.15, 0.2) is 5.17 Å². The number of hydrogen-bond donors (Lipinski definition) is 1. The summed E-state index contributed by atoms with van der Waals surface area (Å²) in [5.74, 6) is -0.487. The molecule has 4 rings (SSSR count). The SMILES string of the molecule is CC1=C(C(=O)OC(C)C)C(c2ccccc2C)N2C(CC(=O)NN3CCOCC3)=CSC2=N1. The van der Waals surface area contributed by atoms with Gasteiger partial charge in [0.2, 0.25) is 5.91 Å². The summed E-state index contributed by atoms with van der Waals surface area (Å²) in [5, 5.41) is 4.59. The number of fused-ring (bicyclic) bond motifs is 1. The highest BCUT2D eigenvalue weighted by Crippen LogP contribution is 2.45. The summed E-state index contributed by atoms with van der Waals surface area (Å²) in [4.78, 5) is 32.8. The van der Waals surface area contributed by atoms with Crippen molar-refractivity contribution in [1.82, 2.24) is 15.3 Å². The average molecular weight is 471 g/mol. The maximum absolute atomic E-state index is 13.2. The minimum Gasteiger partial charge on any atom is -0.459 e. The Morgan fingerprint density at radius 3 is 2.67 bits per heavy atom. The van der Waals surface area contributed by atoms with Crippen LogP contribution >= 0.6 is 11.8 Å². The Bertz CT molecular complexity index is 1030. The Morgan fingerprint density at radius 1 is 1.24 bits per heavy atom. The summed E-state index contributed by atoms with van der Waals surface area (Å²) in [5.41, 5.74) is 6.96. The highest BCUT2D eigenvalue weighted by atomic mass is 32.2. The van der Waals surface area contributed by atoms with E-state index < -0.39 is 6.04 Å². The number of ether oxygens (including phenoxy) is 2. The molecular formula is C24H30N4O4S. The van der Waals surface area contributed by atoms with E-state index in [0.29, 0.717) is 37.6 Å². The molecule has 9 heteroatoms. The van der Waals surface area contributed by atoms with Gasteiger partial charge >= 0.3 is 5.97 Å². The largest absolute Gasteiger partial charge is 0.459 e. The van der Waals surface area contributed by atoms with E-state index in [4.69, 9.17) is 14.5 Å². The normalized spacial score (nSPS) is 21.0. The van der Waals surface area contributed by atoms with Crippen molar-refractivity contribution in [2.24, 2.45) is 4.99 Å². The van der Waals surface area contributed by atoms with Crippen LogP contribution in [0.3, 0.4) is 0 Å². The van der Waals surface area contributed by atoms with Crippen LogP contribution in [0.4, 0.5) is 0 Å². The van der Waals surface area contributed by atoms with Gasteiger partial charge in [-0.3, -0.25) is 10.2 Å². The summed E-state index contributed by atoms with van der Waals surface area (Å²) in [6, 6.07) is 7.57. The van der Waals surface area contributed by atoms with E-state index in [9.17, 15) is 9.59 Å². The van der Waals surface area contributed by atoms with E-state index in [2.05, 4.69) is 5.43 Å². The number of amides is 1. The van der Waals surface area contributed by atoms with Gasteiger partial charge in [-0.25, -0.2) is 14.8 Å². The first-order valence-corrected chi connectivity index (χ1v) is 12.1. The third kappa shape index (κ3) is 5.15. The molecular weight excluding hydrogens is 440 g/mol. The quantitative estimate of drug-likeness (QED) is 0.639. The Morgan fingerprint density at radius 2 is 1.97 bits per heavy atom. The second-order valence-corrected chi connectivity index (χ2v) is 9.35. The van der Waals surface area contributed by atoms with Crippen LogP contribution in [0.15, 0.2) is 51.6 Å². The van der Waals surface area contributed by atoms with Gasteiger partial charge in [-0.15, -0.1) is 0 Å². The van der Waals surface area contributed by atoms with Crippen molar-refractivity contribution < 1.29 is 19.1 Å². The number of aryl methyl sites for hydroxylation is 1. The lowest BCUT2D eigenvalue weighted by Gasteiger charge is -2.37. The summed E-state index contributed by atoms with van der Waals surface area (Å²) < 4.78 is 11.0. The number of aliphatic imine (C=N–C) groups is 1. The molecule has 1 aromatic carbocycles. The number of hydrazine groups is 1. The number of amidine groups is 1. The minimum atomic E-state index is -0.414. The fourth-order valence-electron chi connectivity index (χ4n) is 4.15. The highest BCUT2D eigenvalue weighted by molar-refractivity contribution is 8.16. The molecule has 1 fully saturated rings. The summed E-state index contributed by atoms with van der Waals surface area (Å²) >= 11 is 1.47. The number of hydrogen-bond acceptors (Lipinski definition) is 8. The fraction of sp³-hybridized carbons (Fsp3) is 0.458. The van der Waals surface area contributed by atoms with E-state index in [1.54, 1.807) is 0 Å². The van der Waals surface area contributed by atoms with E-state index >= 15 is 0 Å². The molecule has 0 aliphatic carbocycles. The molecule has 1 amide bonds. The van der Waals surface area contributed by atoms with Gasteiger partial charge in [0.05, 0.1) is 43.1 Å². The zero-order valence-corrected chi connectivity index (χ0v) is 20.3. The van der Waals surface area contributed by atoms with E-state index in [1.807, 2.05) is 67.3 Å². The molecule has 0 aromatic heterocycles. The number of thioether (sulfide) groups is 1. The van der Waals surface area contributed by atoms with Crippen LogP contribution < -0.4 is 5.43 Å². The van der Waals surface area contributed by atoms with Gasteiger partial charge < -0.3 is 14.4 Å². The van der Waals surface area contributed by atoms with Crippen LogP contribution in [-0.4, -0.2) is 59.4 Å². The van der Waals surface area contributed by atoms with Gasteiger partial charge in [-0.1, -0.05) is 36.0 Å². The number of benzene rings is 1. The standard InChI is InChI=1S/C24H30N4O4S/c1-15(2)32-23(30)21-17(4)25-24-28(22(21)19-8-6-5-7-16(19)3)18(14-33-24)13-20(29)26-27-9-11-31-12-10-27/h5-8,14-15,22H,9-13H2,1-4H3,(H,26,29). The number of nitrogens with one attached hydrogen (secondary N) is 1. The van der Waals surface area contributed by atoms with Crippen molar-refractivity contribution in [3.63, 3.8) is 0 Å². The number of nitrogens with zero attached hydrogens (tertiary/aromatic N) is 3. The van der Waals surface area contributed by atoms with E-state index in [0.717, 1.165) is 22.0 Å². The van der Waals surface area contributed by atoms with Gasteiger partial charge in [0.1, 0.15) is 0 Å². The molecule has 0 saturated carbocycles. The Balaban J connectivity index is 1.65. The maximum Gasteiger partial charge on any atom is 0.338 e. The minimum absolute atomic E-state index is 0.105. The van der Waals surface area contributed by atoms with Crippen LogP contribution in [0.1, 0.15) is 44.4 Å². The molecule has 0 radical (unpaired) electrons. The zero-order chi connectivity index (χ0) is 23.5. The van der Waals surface area contributed by atoms with E-state index in [-0.39, 0.29) is 24.4 Å². The monoisotopic (exact) mass is 470 g/mol. The molecule has 1 aromatic rings. The molecule has 1 N–H and O–H groups in total. The number of morpholine rings is 1. The first-order valence-electron chi connectivity index (χ1n) is 11.2. The lowest BCUT2D eigenvalue weighted by Crippen LogP contribution is -2.48. The first kappa shape index (κ1) is 23.5. The molecule has 176 valence electrons. The molecule has 3 aliphatic rings. The first-order chi connectivity index (χ1) is 15.8. The molecule has 1 unspecified atom stereocenters. The number of rotatable bonds is 6. The molecule has 3 heterocycles. The molecule has 3 aliphatic heterocycles. The topological polar surface area (TPSA) is 83.5 Å². The fourth-order valence-corrected chi connectivity index (χ4v) is 5.12. The van der Waals surface area contributed by atoms with Crippen LogP contribution in [0.5, 0.6) is 0 Å². The molecule has 8 nitrogen and oxygen atoms in total. The molecule has 0 spiro atoms. The summed E-state index contributed by atoms with van der Waals surface area (Å²) in [6.07, 6.45) is -0.0694. The lowest BCUT2D eigenvalue weighted by molar-refractivity contribution is -0.143. The van der Waals surface area contributed by atoms with Crippen molar-refractivity contribution in [3.05, 3.63) is 57.8 Å². The zero-order valence-electron chi connectivity index (χ0n) is 19.5. The molecule has 33 heavy (non-hydrogen) atoms. The van der Waals surface area contributed by atoms with Gasteiger partial charge in [-0.05, 0) is 44.2 Å². The van der Waals surface area contributed by atoms with E-state index in [1.165, 1.54) is 11.8 Å². The molecule has 0 bridgehead atoms. The highest BCUT2D eigenvalue weighted by Gasteiger charge is 2.41. The summed E-state index contributed by atoms with van der Waals surface area (Å²) in [7, 11) is 0. The smallest absolute Gasteiger partial charge is 0.338 e. The average Bonchev–Trinajstić information content (AvgIpc) is 3.15. The summed E-state index contributed by atoms with van der Waals surface area (Å²) in [6.45, 7) is 10.1. The second-order valence-electron chi connectivity index (χ2n) is 8.51. The predicted octanol–water partition coefficient (Wildman–Crippen LogP) is 3.28. The lowest BCUT2D eigenvalue weighted by atomic mass is 9.91. The Hall–Kier alpha value is -2.62. The number of carbonyl (C=O) groups is 2. The van der Waals surface area contributed by atoms with Crippen molar-refractivity contribution in [2.45, 2.75) is 46.3 Å². The number of carbonyl (C=O) groups excluding carboxylic acids is 2. The Labute approximate surface area is 198 Å². The van der Waals surface area contributed by atoms with Crippen molar-refractivity contribution in [3.8, 4) is 0 Å². The van der Waals surface area contributed by atoms with Crippen molar-refractivity contribution in [1.29, 1.82) is 0 Å². The van der Waals surface area contributed by atoms with Gasteiger partial charge in [0.25, 0.3) is 0 Å². The second kappa shape index (κ2) is 10.1. The molecule has 1 saturated heterocycles. The van der Waals surface area contributed by atoms with Crippen LogP contribution in [0.25, 0.3) is 0 Å². The Kier molecular flexibility index (Phi) is 7.21. The van der Waals surface area contributed by atoms with Gasteiger partial charge in [-0.2, -0.15) is 0 Å². The maximum atomic E-state index is 13.2. The van der Waals surface area contributed by atoms with Crippen molar-refractivity contribution >= 4 is 28.8 Å². The molecule has 1 atom stereocenters. The number of esters is 1.